The van der Waals surface area contributed by atoms with E-state index in [-0.39, 0.29) is 17.2 Å². The summed E-state index contributed by atoms with van der Waals surface area (Å²) in [5.41, 5.74) is 0.969. The standard InChI is InChI=1S/C20H30ClN3O2/c1-20(2,3)12-18(25)23-15-5-6-17(21)16(11-15)19(26)24-9-7-14(8-10-24)13-22-4/h5-6,11,14,22H,7-10,12-13H2,1-4H3,(H,23,25). The molecule has 1 aromatic carbocycles. The van der Waals surface area contributed by atoms with Gasteiger partial charge in [-0.1, -0.05) is 32.4 Å². The number of halogens is 1. The molecule has 0 spiro atoms. The minimum atomic E-state index is -0.0904. The second-order valence-corrected chi connectivity index (χ2v) is 8.68. The Labute approximate surface area is 161 Å². The molecule has 0 saturated carbocycles. The average Bonchev–Trinajstić information content (AvgIpc) is 2.55. The lowest BCUT2D eigenvalue weighted by Crippen LogP contribution is -2.40. The van der Waals surface area contributed by atoms with Crippen molar-refractivity contribution in [2.75, 3.05) is 32.0 Å². The first kappa shape index (κ1) is 20.7. The fraction of sp³-hybridized carbons (Fsp3) is 0.600. The van der Waals surface area contributed by atoms with Crippen molar-refractivity contribution in [1.82, 2.24) is 10.2 Å². The number of piperidine rings is 1. The summed E-state index contributed by atoms with van der Waals surface area (Å²) in [7, 11) is 1.96. The molecule has 1 fully saturated rings. The molecule has 1 aliphatic rings. The Bertz CT molecular complexity index is 647. The van der Waals surface area contributed by atoms with Crippen LogP contribution in [-0.2, 0) is 4.79 Å². The van der Waals surface area contributed by atoms with Crippen molar-refractivity contribution < 1.29 is 9.59 Å². The second-order valence-electron chi connectivity index (χ2n) is 8.27. The fourth-order valence-corrected chi connectivity index (χ4v) is 3.45. The highest BCUT2D eigenvalue weighted by molar-refractivity contribution is 6.34. The summed E-state index contributed by atoms with van der Waals surface area (Å²) >= 11 is 6.26. The normalized spacial score (nSPS) is 15.8. The molecule has 1 aliphatic heterocycles. The third-order valence-corrected chi connectivity index (χ3v) is 4.90. The monoisotopic (exact) mass is 379 g/mol. The molecule has 0 radical (unpaired) electrons. The Morgan fingerprint density at radius 3 is 2.46 bits per heavy atom. The third-order valence-electron chi connectivity index (χ3n) is 4.57. The number of nitrogens with zero attached hydrogens (tertiary/aromatic N) is 1. The number of carbonyl (C=O) groups excluding carboxylic acids is 2. The van der Waals surface area contributed by atoms with Gasteiger partial charge in [-0.2, -0.15) is 0 Å². The summed E-state index contributed by atoms with van der Waals surface area (Å²) in [5, 5.41) is 6.49. The van der Waals surface area contributed by atoms with E-state index in [4.69, 9.17) is 11.6 Å². The first-order chi connectivity index (χ1) is 12.2. The van der Waals surface area contributed by atoms with Gasteiger partial charge in [0.2, 0.25) is 5.91 Å². The molecular weight excluding hydrogens is 350 g/mol. The van der Waals surface area contributed by atoms with Crippen molar-refractivity contribution in [3.8, 4) is 0 Å². The molecule has 1 aromatic rings. The van der Waals surface area contributed by atoms with E-state index >= 15 is 0 Å². The predicted octanol–water partition coefficient (Wildman–Crippen LogP) is 3.79. The summed E-state index contributed by atoms with van der Waals surface area (Å²) in [4.78, 5) is 26.9. The van der Waals surface area contributed by atoms with Gasteiger partial charge in [0.15, 0.2) is 0 Å². The Balaban J connectivity index is 2.05. The zero-order valence-electron chi connectivity index (χ0n) is 16.2. The van der Waals surface area contributed by atoms with E-state index in [1.54, 1.807) is 18.2 Å². The van der Waals surface area contributed by atoms with E-state index in [0.29, 0.717) is 28.6 Å². The Morgan fingerprint density at radius 2 is 1.88 bits per heavy atom. The molecule has 5 nitrogen and oxygen atoms in total. The maximum atomic E-state index is 12.9. The minimum absolute atomic E-state index is 0.0638. The smallest absolute Gasteiger partial charge is 0.255 e. The second kappa shape index (κ2) is 8.87. The molecule has 144 valence electrons. The van der Waals surface area contributed by atoms with Crippen LogP contribution in [0.5, 0.6) is 0 Å². The van der Waals surface area contributed by atoms with Gasteiger partial charge in [0.05, 0.1) is 10.6 Å². The van der Waals surface area contributed by atoms with Gasteiger partial charge in [-0.05, 0) is 56.0 Å². The van der Waals surface area contributed by atoms with Crippen molar-refractivity contribution in [1.29, 1.82) is 0 Å². The quantitative estimate of drug-likeness (QED) is 0.818. The number of rotatable bonds is 5. The number of amides is 2. The van der Waals surface area contributed by atoms with Crippen LogP contribution >= 0.6 is 11.6 Å². The van der Waals surface area contributed by atoms with Crippen molar-refractivity contribution >= 4 is 29.1 Å². The highest BCUT2D eigenvalue weighted by Gasteiger charge is 2.25. The molecule has 26 heavy (non-hydrogen) atoms. The summed E-state index contributed by atoms with van der Waals surface area (Å²) in [6, 6.07) is 5.10. The largest absolute Gasteiger partial charge is 0.339 e. The first-order valence-corrected chi connectivity index (χ1v) is 9.60. The van der Waals surface area contributed by atoms with Crippen molar-refractivity contribution in [2.24, 2.45) is 11.3 Å². The SMILES string of the molecule is CNCC1CCN(C(=O)c2cc(NC(=O)CC(C)(C)C)ccc2Cl)CC1. The van der Waals surface area contributed by atoms with Gasteiger partial charge >= 0.3 is 0 Å². The number of nitrogens with one attached hydrogen (secondary N) is 2. The molecule has 2 amide bonds. The number of hydrogen-bond acceptors (Lipinski definition) is 3. The van der Waals surface area contributed by atoms with Crippen LogP contribution in [0.25, 0.3) is 0 Å². The zero-order chi connectivity index (χ0) is 19.3. The van der Waals surface area contributed by atoms with Crippen LogP contribution in [-0.4, -0.2) is 43.4 Å². The fourth-order valence-electron chi connectivity index (χ4n) is 3.25. The van der Waals surface area contributed by atoms with Crippen LogP contribution in [0.3, 0.4) is 0 Å². The third kappa shape index (κ3) is 5.99. The molecule has 2 N–H and O–H groups in total. The summed E-state index contributed by atoms with van der Waals surface area (Å²) in [5.74, 6) is 0.485. The number of anilines is 1. The van der Waals surface area contributed by atoms with E-state index in [1.165, 1.54) is 0 Å². The lowest BCUT2D eigenvalue weighted by Gasteiger charge is -2.32. The van der Waals surface area contributed by atoms with Gasteiger partial charge in [-0.15, -0.1) is 0 Å². The van der Waals surface area contributed by atoms with Gasteiger partial charge < -0.3 is 15.5 Å². The van der Waals surface area contributed by atoms with Crippen LogP contribution in [0.15, 0.2) is 18.2 Å². The molecule has 2 rings (SSSR count). The van der Waals surface area contributed by atoms with Gasteiger partial charge in [0.1, 0.15) is 0 Å². The van der Waals surface area contributed by atoms with Gasteiger partial charge in [0, 0.05) is 25.2 Å². The van der Waals surface area contributed by atoms with Crippen molar-refractivity contribution in [3.63, 3.8) is 0 Å². The summed E-state index contributed by atoms with van der Waals surface area (Å²) < 4.78 is 0. The highest BCUT2D eigenvalue weighted by atomic mass is 35.5. The molecule has 1 saturated heterocycles. The molecule has 0 unspecified atom stereocenters. The summed E-state index contributed by atoms with van der Waals surface area (Å²) in [6.07, 6.45) is 2.40. The van der Waals surface area contributed by atoms with Crippen LogP contribution in [0.1, 0.15) is 50.4 Å². The van der Waals surface area contributed by atoms with E-state index in [1.807, 2.05) is 32.7 Å². The van der Waals surface area contributed by atoms with E-state index in [0.717, 1.165) is 32.5 Å². The van der Waals surface area contributed by atoms with Crippen LogP contribution < -0.4 is 10.6 Å². The van der Waals surface area contributed by atoms with E-state index < -0.39 is 0 Å². The number of hydrogen-bond donors (Lipinski definition) is 2. The number of likely N-dealkylation sites (tertiary alicyclic amines) is 1. The Hall–Kier alpha value is -1.59. The van der Waals surface area contributed by atoms with Gasteiger partial charge in [-0.3, -0.25) is 9.59 Å². The van der Waals surface area contributed by atoms with Gasteiger partial charge in [-0.25, -0.2) is 0 Å². The molecule has 0 bridgehead atoms. The average molecular weight is 380 g/mol. The molecule has 6 heteroatoms. The van der Waals surface area contributed by atoms with Crippen molar-refractivity contribution in [2.45, 2.75) is 40.0 Å². The lowest BCUT2D eigenvalue weighted by molar-refractivity contribution is -0.117. The van der Waals surface area contributed by atoms with Crippen molar-refractivity contribution in [3.05, 3.63) is 28.8 Å². The molecule has 0 aromatic heterocycles. The Morgan fingerprint density at radius 1 is 1.23 bits per heavy atom. The highest BCUT2D eigenvalue weighted by Crippen LogP contribution is 2.26. The van der Waals surface area contributed by atoms with E-state index in [2.05, 4.69) is 10.6 Å². The minimum Gasteiger partial charge on any atom is -0.339 e. The van der Waals surface area contributed by atoms with Crippen LogP contribution in [0.4, 0.5) is 5.69 Å². The number of benzene rings is 1. The van der Waals surface area contributed by atoms with Crippen LogP contribution in [0.2, 0.25) is 5.02 Å². The van der Waals surface area contributed by atoms with Gasteiger partial charge in [0.25, 0.3) is 5.91 Å². The molecular formula is C20H30ClN3O2. The maximum Gasteiger partial charge on any atom is 0.255 e. The topological polar surface area (TPSA) is 61.4 Å². The molecule has 1 heterocycles. The maximum absolute atomic E-state index is 12.9. The molecule has 0 atom stereocenters. The summed E-state index contributed by atoms with van der Waals surface area (Å²) in [6.45, 7) is 8.51. The Kier molecular flexibility index (Phi) is 7.07. The molecule has 0 aliphatic carbocycles. The predicted molar refractivity (Wildman–Crippen MR) is 107 cm³/mol. The van der Waals surface area contributed by atoms with Crippen LogP contribution in [0, 0.1) is 11.3 Å². The lowest BCUT2D eigenvalue weighted by atomic mass is 9.92. The first-order valence-electron chi connectivity index (χ1n) is 9.23. The zero-order valence-corrected chi connectivity index (χ0v) is 16.9. The number of carbonyl (C=O) groups is 2. The van der Waals surface area contributed by atoms with E-state index in [9.17, 15) is 9.59 Å².